The molecule has 0 amide bonds. The van der Waals surface area contributed by atoms with Crippen LogP contribution >= 0.6 is 33.9 Å². The van der Waals surface area contributed by atoms with Crippen LogP contribution in [0, 0.1) is 2.88 Å². The lowest BCUT2D eigenvalue weighted by atomic mass is 10.3. The molecule has 0 saturated carbocycles. The summed E-state index contributed by atoms with van der Waals surface area (Å²) in [6.45, 7) is 0. The molecule has 2 N–H and O–H groups in total. The third-order valence-electron chi connectivity index (χ3n) is 1.45. The van der Waals surface area contributed by atoms with Gasteiger partial charge in [-0.3, -0.25) is 0 Å². The van der Waals surface area contributed by atoms with Gasteiger partial charge in [-0.15, -0.1) is 11.3 Å². The van der Waals surface area contributed by atoms with Gasteiger partial charge in [0.1, 0.15) is 5.82 Å². The third kappa shape index (κ3) is 1.20. The average molecular weight is 276 g/mol. The standard InChI is InChI=1S/C7H5IN2S/c8-6-3-4-5(11-6)1-2-10-7(4)9/h1-3H,(H2,9,10). The molecule has 0 radical (unpaired) electrons. The van der Waals surface area contributed by atoms with Gasteiger partial charge in [-0.1, -0.05) is 0 Å². The van der Waals surface area contributed by atoms with Crippen LogP contribution in [0.4, 0.5) is 5.82 Å². The van der Waals surface area contributed by atoms with Crippen LogP contribution < -0.4 is 5.73 Å². The maximum absolute atomic E-state index is 5.66. The van der Waals surface area contributed by atoms with Gasteiger partial charge in [0, 0.05) is 16.3 Å². The van der Waals surface area contributed by atoms with Crippen molar-refractivity contribution in [3.8, 4) is 0 Å². The Hall–Kier alpha value is -0.360. The molecule has 0 unspecified atom stereocenters. The highest BCUT2D eigenvalue weighted by Gasteiger charge is 2.01. The van der Waals surface area contributed by atoms with E-state index in [2.05, 4.69) is 33.6 Å². The summed E-state index contributed by atoms with van der Waals surface area (Å²) in [6.07, 6.45) is 1.74. The molecule has 2 nitrogen and oxygen atoms in total. The van der Waals surface area contributed by atoms with Gasteiger partial charge in [-0.2, -0.15) is 0 Å². The van der Waals surface area contributed by atoms with Gasteiger partial charge in [-0.05, 0) is 34.7 Å². The van der Waals surface area contributed by atoms with Crippen molar-refractivity contribution in [3.63, 3.8) is 0 Å². The van der Waals surface area contributed by atoms with Gasteiger partial charge >= 0.3 is 0 Å². The van der Waals surface area contributed by atoms with Crippen LogP contribution in [-0.4, -0.2) is 4.98 Å². The second-order valence-electron chi connectivity index (χ2n) is 2.16. The quantitative estimate of drug-likeness (QED) is 0.751. The van der Waals surface area contributed by atoms with E-state index in [0.29, 0.717) is 5.82 Å². The fourth-order valence-electron chi connectivity index (χ4n) is 0.953. The van der Waals surface area contributed by atoms with Gasteiger partial charge in [0.05, 0.1) is 2.88 Å². The van der Waals surface area contributed by atoms with Crippen LogP contribution in [0.1, 0.15) is 0 Å². The number of pyridine rings is 1. The number of hydrogen-bond acceptors (Lipinski definition) is 3. The number of nitrogen functional groups attached to an aromatic ring is 1. The smallest absolute Gasteiger partial charge is 0.132 e. The largest absolute Gasteiger partial charge is 0.383 e. The van der Waals surface area contributed by atoms with Crippen molar-refractivity contribution >= 4 is 49.8 Å². The molecule has 0 aromatic carbocycles. The van der Waals surface area contributed by atoms with Crippen LogP contribution in [0.3, 0.4) is 0 Å². The van der Waals surface area contributed by atoms with Crippen molar-refractivity contribution in [2.45, 2.75) is 0 Å². The molecular weight excluding hydrogens is 271 g/mol. The fraction of sp³-hybridized carbons (Fsp3) is 0. The Morgan fingerprint density at radius 3 is 3.09 bits per heavy atom. The number of aromatic nitrogens is 1. The maximum atomic E-state index is 5.66. The molecule has 2 aromatic heterocycles. The number of anilines is 1. The molecule has 11 heavy (non-hydrogen) atoms. The Morgan fingerprint density at radius 2 is 2.36 bits per heavy atom. The van der Waals surface area contributed by atoms with Crippen molar-refractivity contribution in [1.29, 1.82) is 0 Å². The van der Waals surface area contributed by atoms with E-state index in [-0.39, 0.29) is 0 Å². The summed E-state index contributed by atoms with van der Waals surface area (Å²) in [7, 11) is 0. The summed E-state index contributed by atoms with van der Waals surface area (Å²) in [4.78, 5) is 4.00. The van der Waals surface area contributed by atoms with E-state index in [1.165, 1.54) is 7.58 Å². The number of nitrogens with two attached hydrogens (primary N) is 1. The highest BCUT2D eigenvalue weighted by Crippen LogP contribution is 2.28. The Bertz CT molecular complexity index is 396. The lowest BCUT2D eigenvalue weighted by Crippen LogP contribution is -1.87. The number of thiophene rings is 1. The topological polar surface area (TPSA) is 38.9 Å². The molecule has 2 heterocycles. The molecule has 2 rings (SSSR count). The van der Waals surface area contributed by atoms with Crippen LogP contribution in [0.15, 0.2) is 18.3 Å². The zero-order valence-corrected chi connectivity index (χ0v) is 8.52. The van der Waals surface area contributed by atoms with Gasteiger partial charge in [0.2, 0.25) is 0 Å². The van der Waals surface area contributed by atoms with Crippen molar-refractivity contribution in [1.82, 2.24) is 4.98 Å². The number of halogens is 1. The second-order valence-corrected chi connectivity index (χ2v) is 5.14. The number of hydrogen-bond donors (Lipinski definition) is 1. The molecule has 0 saturated heterocycles. The van der Waals surface area contributed by atoms with Crippen LogP contribution in [0.2, 0.25) is 0 Å². The van der Waals surface area contributed by atoms with E-state index in [1.54, 1.807) is 17.5 Å². The average Bonchev–Trinajstić information content (AvgIpc) is 2.31. The van der Waals surface area contributed by atoms with Gasteiger partial charge < -0.3 is 5.73 Å². The molecule has 0 bridgehead atoms. The first kappa shape index (κ1) is 7.30. The van der Waals surface area contributed by atoms with Gasteiger partial charge in [0.25, 0.3) is 0 Å². The Morgan fingerprint density at radius 1 is 1.55 bits per heavy atom. The molecule has 0 aliphatic rings. The SMILES string of the molecule is Nc1nccc2sc(I)cc12. The first-order chi connectivity index (χ1) is 5.27. The minimum absolute atomic E-state index is 0.627. The highest BCUT2D eigenvalue weighted by atomic mass is 127. The number of rotatable bonds is 0. The van der Waals surface area contributed by atoms with Crippen molar-refractivity contribution in [2.24, 2.45) is 0 Å². The lowest BCUT2D eigenvalue weighted by molar-refractivity contribution is 1.38. The Balaban J connectivity index is 2.90. The lowest BCUT2D eigenvalue weighted by Gasteiger charge is -1.90. The number of nitrogens with zero attached hydrogens (tertiary/aromatic N) is 1. The molecule has 0 aliphatic carbocycles. The van der Waals surface area contributed by atoms with Crippen LogP contribution in [0.5, 0.6) is 0 Å². The molecule has 0 aliphatic heterocycles. The summed E-state index contributed by atoms with van der Waals surface area (Å²) in [6, 6.07) is 4.04. The van der Waals surface area contributed by atoms with E-state index in [4.69, 9.17) is 5.73 Å². The highest BCUT2D eigenvalue weighted by molar-refractivity contribution is 14.1. The predicted molar refractivity (Wildman–Crippen MR) is 56.7 cm³/mol. The van der Waals surface area contributed by atoms with E-state index in [0.717, 1.165) is 5.39 Å². The first-order valence-corrected chi connectivity index (χ1v) is 4.96. The third-order valence-corrected chi connectivity index (χ3v) is 3.31. The predicted octanol–water partition coefficient (Wildman–Crippen LogP) is 2.48. The second kappa shape index (κ2) is 2.60. The maximum Gasteiger partial charge on any atom is 0.132 e. The normalized spacial score (nSPS) is 10.6. The van der Waals surface area contributed by atoms with E-state index < -0.39 is 0 Å². The molecule has 0 atom stereocenters. The van der Waals surface area contributed by atoms with E-state index in [1.807, 2.05) is 6.07 Å². The van der Waals surface area contributed by atoms with Crippen LogP contribution in [0.25, 0.3) is 10.1 Å². The van der Waals surface area contributed by atoms with Crippen molar-refractivity contribution in [3.05, 3.63) is 21.2 Å². The summed E-state index contributed by atoms with van der Waals surface area (Å²) >= 11 is 4.02. The minimum Gasteiger partial charge on any atom is -0.383 e. The molecule has 2 aromatic rings. The Labute approximate surface area is 81.6 Å². The summed E-state index contributed by atoms with van der Waals surface area (Å²) in [5.41, 5.74) is 5.66. The van der Waals surface area contributed by atoms with E-state index >= 15 is 0 Å². The van der Waals surface area contributed by atoms with E-state index in [9.17, 15) is 0 Å². The van der Waals surface area contributed by atoms with Crippen LogP contribution in [-0.2, 0) is 0 Å². The van der Waals surface area contributed by atoms with Gasteiger partial charge in [-0.25, -0.2) is 4.98 Å². The fourth-order valence-corrected chi connectivity index (χ4v) is 2.77. The molecule has 0 fully saturated rings. The Kier molecular flexibility index (Phi) is 1.72. The van der Waals surface area contributed by atoms with Crippen molar-refractivity contribution < 1.29 is 0 Å². The molecule has 4 heteroatoms. The first-order valence-electron chi connectivity index (χ1n) is 3.07. The zero-order valence-electron chi connectivity index (χ0n) is 5.54. The van der Waals surface area contributed by atoms with Gasteiger partial charge in [0.15, 0.2) is 0 Å². The molecule has 0 spiro atoms. The summed E-state index contributed by atoms with van der Waals surface area (Å²) in [5, 5.41) is 1.07. The number of fused-ring (bicyclic) bond motifs is 1. The molecule has 56 valence electrons. The summed E-state index contributed by atoms with van der Waals surface area (Å²) in [5.74, 6) is 0.627. The summed E-state index contributed by atoms with van der Waals surface area (Å²) < 4.78 is 2.46. The minimum atomic E-state index is 0.627. The zero-order chi connectivity index (χ0) is 7.84. The molecular formula is C7H5IN2S. The monoisotopic (exact) mass is 276 g/mol. The van der Waals surface area contributed by atoms with Crippen molar-refractivity contribution in [2.75, 3.05) is 5.73 Å².